The van der Waals surface area contributed by atoms with Crippen LogP contribution in [0.5, 0.6) is 5.75 Å². The quantitative estimate of drug-likeness (QED) is 0.227. The van der Waals surface area contributed by atoms with Crippen LogP contribution in [0.25, 0.3) is 5.76 Å². The topological polar surface area (TPSA) is 190 Å². The number of aliphatic hydroxyl groups is 3. The van der Waals surface area contributed by atoms with Crippen molar-refractivity contribution < 1.29 is 44.0 Å². The number of likely N-dealkylation sites (N-methyl/N-ethyl adjacent to an activating group) is 1. The monoisotopic (exact) mass is 573 g/mol. The molecule has 12 heteroatoms. The summed E-state index contributed by atoms with van der Waals surface area (Å²) in [7, 11) is 2.98. The summed E-state index contributed by atoms with van der Waals surface area (Å²) in [5, 5.41) is 47.6. The second-order valence-corrected chi connectivity index (χ2v) is 12.9. The Morgan fingerprint density at radius 3 is 2.34 bits per heavy atom. The van der Waals surface area contributed by atoms with E-state index < -0.39 is 86.2 Å². The molecule has 11 nitrogen and oxygen atoms in total. The number of carbonyl (C=O) groups is 4. The van der Waals surface area contributed by atoms with Crippen molar-refractivity contribution in [3.8, 4) is 5.75 Å². The molecule has 1 aromatic carbocycles. The molecule has 1 aromatic rings. The van der Waals surface area contributed by atoms with E-state index >= 15 is 4.39 Å². The maximum atomic E-state index is 15.5. The van der Waals surface area contributed by atoms with Crippen LogP contribution in [0.2, 0.25) is 0 Å². The molecule has 0 spiro atoms. The number of fused-ring (bicyclic) bond motifs is 3. The predicted octanol–water partition coefficient (Wildman–Crippen LogP) is 2.26. The Hall–Kier alpha value is -3.77. The molecule has 0 bridgehead atoms. The summed E-state index contributed by atoms with van der Waals surface area (Å²) in [4.78, 5) is 53.3. The second kappa shape index (κ2) is 9.66. The average molecular weight is 574 g/mol. The van der Waals surface area contributed by atoms with Crippen LogP contribution in [-0.4, -0.2) is 74.4 Å². The van der Waals surface area contributed by atoms with E-state index in [0.717, 1.165) is 6.07 Å². The van der Waals surface area contributed by atoms with Gasteiger partial charge in [-0.2, -0.15) is 0 Å². The highest BCUT2D eigenvalue weighted by Crippen LogP contribution is 2.58. The predicted molar refractivity (Wildman–Crippen MR) is 146 cm³/mol. The van der Waals surface area contributed by atoms with E-state index in [2.05, 4.69) is 5.32 Å². The lowest BCUT2D eigenvalue weighted by molar-refractivity contribution is -0.156. The molecule has 0 unspecified atom stereocenters. The minimum atomic E-state index is -2.82. The molecule has 4 rings (SSSR count). The van der Waals surface area contributed by atoms with Gasteiger partial charge in [0, 0.05) is 35.0 Å². The summed E-state index contributed by atoms with van der Waals surface area (Å²) < 4.78 is 15.5. The average Bonchev–Trinajstić information content (AvgIpc) is 2.82. The van der Waals surface area contributed by atoms with Gasteiger partial charge in [0.2, 0.25) is 11.7 Å². The van der Waals surface area contributed by atoms with Crippen molar-refractivity contribution in [2.75, 3.05) is 19.4 Å². The number of nitrogens with two attached hydrogens (primary N) is 1. The molecule has 3 aliphatic rings. The Labute approximate surface area is 236 Å². The van der Waals surface area contributed by atoms with Gasteiger partial charge in [0.1, 0.15) is 22.9 Å². The van der Waals surface area contributed by atoms with Crippen LogP contribution in [0, 0.1) is 22.6 Å². The SMILES string of the molecule is CN(C)[C@@H]1C(=O)C(C(N)=O)=C(O)[C@@]2(O)C(=O)C3=C(O)c4c(O)c(NC(=O)CCC(C)(C)C)cc(F)c4C[C@@]3(C)C[C@@H]12. The van der Waals surface area contributed by atoms with Crippen LogP contribution < -0.4 is 11.1 Å². The first-order chi connectivity index (χ1) is 18.8. The number of primary amides is 1. The minimum Gasteiger partial charge on any atom is -0.508 e. The molecule has 3 aliphatic carbocycles. The van der Waals surface area contributed by atoms with Gasteiger partial charge in [0.25, 0.3) is 5.91 Å². The van der Waals surface area contributed by atoms with Crippen LogP contribution in [0.4, 0.5) is 10.1 Å². The van der Waals surface area contributed by atoms with E-state index in [1.807, 2.05) is 20.8 Å². The number of hydrogen-bond acceptors (Lipinski definition) is 9. The van der Waals surface area contributed by atoms with Gasteiger partial charge in [0.05, 0.1) is 17.3 Å². The van der Waals surface area contributed by atoms with Gasteiger partial charge >= 0.3 is 0 Å². The smallest absolute Gasteiger partial charge is 0.255 e. The third-order valence-electron chi connectivity index (χ3n) is 8.45. The molecule has 0 heterocycles. The lowest BCUT2D eigenvalue weighted by atomic mass is 9.52. The Bertz CT molecular complexity index is 1460. The maximum absolute atomic E-state index is 15.5. The van der Waals surface area contributed by atoms with E-state index in [1.54, 1.807) is 6.92 Å². The van der Waals surface area contributed by atoms with Crippen molar-refractivity contribution in [3.63, 3.8) is 0 Å². The number of rotatable bonds is 5. The first-order valence-electron chi connectivity index (χ1n) is 13.3. The third-order valence-corrected chi connectivity index (χ3v) is 8.45. The molecule has 7 N–H and O–H groups in total. The van der Waals surface area contributed by atoms with Gasteiger partial charge < -0.3 is 31.5 Å². The van der Waals surface area contributed by atoms with Crippen LogP contribution in [0.1, 0.15) is 58.1 Å². The Kier molecular flexibility index (Phi) is 7.11. The number of hydrogen-bond donors (Lipinski definition) is 6. The summed E-state index contributed by atoms with van der Waals surface area (Å²) in [6.07, 6.45) is 0.179. The number of Topliss-reactive ketones (excluding diaryl/α,β-unsaturated/α-hetero) is 2. The second-order valence-electron chi connectivity index (χ2n) is 12.9. The fraction of sp³-hybridized carbons (Fsp3) is 0.517. The standard InChI is InChI=1S/C29H36FN3O8/c1-27(2,3)8-7-16(34)32-15-9-14(30)12-10-28(4)11-13-20(33(5)6)23(37)18(26(31)40)24(38)29(13,41)25(39)19(28)22(36)17(12)21(15)35/h9,13,20,35-36,38,41H,7-8,10-11H2,1-6H3,(H2,31,40)(H,32,34)/t13-,20-,28-,29+/m0/s1. The zero-order valence-electron chi connectivity index (χ0n) is 23.9. The molecule has 1 saturated carbocycles. The fourth-order valence-electron chi connectivity index (χ4n) is 6.43. The number of amides is 2. The molecular weight excluding hydrogens is 537 g/mol. The van der Waals surface area contributed by atoms with E-state index in [0.29, 0.717) is 6.42 Å². The number of aromatic hydroxyl groups is 1. The molecule has 41 heavy (non-hydrogen) atoms. The van der Waals surface area contributed by atoms with E-state index in [1.165, 1.54) is 19.0 Å². The number of benzene rings is 1. The van der Waals surface area contributed by atoms with Crippen LogP contribution >= 0.6 is 0 Å². The highest BCUT2D eigenvalue weighted by molar-refractivity contribution is 6.24. The molecule has 0 aromatic heterocycles. The fourth-order valence-corrected chi connectivity index (χ4v) is 6.43. The zero-order chi connectivity index (χ0) is 31.0. The van der Waals surface area contributed by atoms with Gasteiger partial charge in [-0.15, -0.1) is 0 Å². The normalized spacial score (nSPS) is 27.9. The van der Waals surface area contributed by atoms with E-state index in [4.69, 9.17) is 5.73 Å². The Morgan fingerprint density at radius 2 is 1.80 bits per heavy atom. The number of anilines is 1. The number of carbonyl (C=O) groups excluding carboxylic acids is 4. The van der Waals surface area contributed by atoms with E-state index in [9.17, 15) is 39.6 Å². The summed E-state index contributed by atoms with van der Waals surface area (Å²) in [5.74, 6) is -8.82. The van der Waals surface area contributed by atoms with Crippen molar-refractivity contribution in [2.24, 2.45) is 22.5 Å². The highest BCUT2D eigenvalue weighted by atomic mass is 19.1. The molecule has 0 aliphatic heterocycles. The van der Waals surface area contributed by atoms with Crippen molar-refractivity contribution >= 4 is 34.8 Å². The number of nitrogens with one attached hydrogen (secondary N) is 1. The first kappa shape index (κ1) is 30.2. The maximum Gasteiger partial charge on any atom is 0.255 e. The lowest BCUT2D eigenvalue weighted by Gasteiger charge is -2.53. The van der Waals surface area contributed by atoms with Crippen molar-refractivity contribution in [1.29, 1.82) is 0 Å². The molecule has 222 valence electrons. The summed E-state index contributed by atoms with van der Waals surface area (Å²) >= 11 is 0. The molecule has 4 atom stereocenters. The number of aliphatic hydroxyl groups excluding tert-OH is 2. The summed E-state index contributed by atoms with van der Waals surface area (Å²) in [6.45, 7) is 7.37. The number of nitrogens with zero attached hydrogens (tertiary/aromatic N) is 1. The Balaban J connectivity index is 1.88. The highest BCUT2D eigenvalue weighted by Gasteiger charge is 2.66. The summed E-state index contributed by atoms with van der Waals surface area (Å²) in [5.41, 5.74) is -1.22. The molecule has 0 saturated heterocycles. The van der Waals surface area contributed by atoms with Gasteiger partial charge in [0.15, 0.2) is 17.1 Å². The van der Waals surface area contributed by atoms with Crippen molar-refractivity contribution in [2.45, 2.75) is 65.0 Å². The molecule has 0 radical (unpaired) electrons. The summed E-state index contributed by atoms with van der Waals surface area (Å²) in [6, 6.07) is -0.320. The number of ketones is 2. The van der Waals surface area contributed by atoms with E-state index in [-0.39, 0.29) is 35.9 Å². The first-order valence-corrected chi connectivity index (χ1v) is 13.3. The molecule has 1 fully saturated rings. The minimum absolute atomic E-state index is 0.0826. The van der Waals surface area contributed by atoms with Gasteiger partial charge in [-0.1, -0.05) is 27.7 Å². The van der Waals surface area contributed by atoms with Crippen molar-refractivity contribution in [1.82, 2.24) is 4.90 Å². The number of halogens is 1. The zero-order valence-corrected chi connectivity index (χ0v) is 23.9. The number of phenols is 1. The van der Waals surface area contributed by atoms with Crippen LogP contribution in [0.15, 0.2) is 23.0 Å². The van der Waals surface area contributed by atoms with Gasteiger partial charge in [-0.25, -0.2) is 4.39 Å². The van der Waals surface area contributed by atoms with Crippen molar-refractivity contribution in [3.05, 3.63) is 39.9 Å². The molecule has 2 amide bonds. The number of phenolic OH excluding ortho intramolecular Hbond substituents is 1. The van der Waals surface area contributed by atoms with Gasteiger partial charge in [-0.05, 0) is 38.8 Å². The lowest BCUT2D eigenvalue weighted by Crippen LogP contribution is -2.67. The molecular formula is C29H36FN3O8. The van der Waals surface area contributed by atoms with Crippen LogP contribution in [0.3, 0.4) is 0 Å². The van der Waals surface area contributed by atoms with Gasteiger partial charge in [-0.3, -0.25) is 24.1 Å². The Morgan fingerprint density at radius 1 is 1.20 bits per heavy atom. The largest absolute Gasteiger partial charge is 0.508 e. The third kappa shape index (κ3) is 4.58. The van der Waals surface area contributed by atoms with Crippen LogP contribution in [-0.2, 0) is 25.6 Å².